The zero-order valence-corrected chi connectivity index (χ0v) is 9.59. The molecule has 0 radical (unpaired) electrons. The fraction of sp³-hybridized carbons (Fsp3) is 0.500. The maximum Gasteiger partial charge on any atom is 0.245 e. The second kappa shape index (κ2) is 4.51. The quantitative estimate of drug-likeness (QED) is 0.703. The Bertz CT molecular complexity index is 397. The molecule has 0 N–H and O–H groups in total. The molecule has 2 rings (SSSR count). The number of carbonyl (C=O) groups excluding carboxylic acids is 1. The van der Waals surface area contributed by atoms with Gasteiger partial charge in [0.25, 0.3) is 0 Å². The predicted octanol–water partition coefficient (Wildman–Crippen LogP) is 1.31. The zero-order chi connectivity index (χ0) is 11.5. The molecule has 0 spiro atoms. The van der Waals surface area contributed by atoms with Crippen molar-refractivity contribution in [3.8, 4) is 0 Å². The highest BCUT2D eigenvalue weighted by molar-refractivity contribution is 5.87. The number of rotatable bonds is 2. The van der Waals surface area contributed by atoms with Gasteiger partial charge in [0.05, 0.1) is 5.69 Å². The number of hydrogen-bond donors (Lipinski definition) is 0. The predicted molar refractivity (Wildman–Crippen MR) is 62.0 cm³/mol. The minimum absolute atomic E-state index is 0.0284. The van der Waals surface area contributed by atoms with Gasteiger partial charge in [0.2, 0.25) is 5.91 Å². The smallest absolute Gasteiger partial charge is 0.245 e. The van der Waals surface area contributed by atoms with Crippen LogP contribution in [0.4, 0.5) is 0 Å². The Morgan fingerprint density at radius 1 is 1.69 bits per heavy atom. The Kier molecular flexibility index (Phi) is 3.08. The van der Waals surface area contributed by atoms with Gasteiger partial charge in [0.15, 0.2) is 0 Å². The van der Waals surface area contributed by atoms with Crippen LogP contribution in [0.3, 0.4) is 0 Å². The van der Waals surface area contributed by atoms with E-state index in [4.69, 9.17) is 0 Å². The molecule has 1 aromatic heterocycles. The standard InChI is InChI=1S/C12H17N3O/c1-3-12(16)15-7-4-5-10(9-15)11-6-8-14(2)13-11/h3,6,8,10H,1,4-5,7,9H2,2H3. The number of carbonyl (C=O) groups is 1. The second-order valence-electron chi connectivity index (χ2n) is 4.24. The summed E-state index contributed by atoms with van der Waals surface area (Å²) in [7, 11) is 1.92. The van der Waals surface area contributed by atoms with Crippen molar-refractivity contribution in [2.75, 3.05) is 13.1 Å². The van der Waals surface area contributed by atoms with Gasteiger partial charge in [0.1, 0.15) is 0 Å². The SMILES string of the molecule is C=CC(=O)N1CCCC(c2ccn(C)n2)C1. The summed E-state index contributed by atoms with van der Waals surface area (Å²) in [6.45, 7) is 5.13. The number of nitrogens with zero attached hydrogens (tertiary/aromatic N) is 3. The zero-order valence-electron chi connectivity index (χ0n) is 9.59. The van der Waals surface area contributed by atoms with E-state index in [0.717, 1.165) is 31.6 Å². The Hall–Kier alpha value is -1.58. The molecule has 2 heterocycles. The summed E-state index contributed by atoms with van der Waals surface area (Å²) in [5.41, 5.74) is 1.09. The van der Waals surface area contributed by atoms with Crippen molar-refractivity contribution < 1.29 is 4.79 Å². The van der Waals surface area contributed by atoms with E-state index in [0.29, 0.717) is 5.92 Å². The minimum Gasteiger partial charge on any atom is -0.339 e. The van der Waals surface area contributed by atoms with Crippen molar-refractivity contribution >= 4 is 5.91 Å². The van der Waals surface area contributed by atoms with Gasteiger partial charge in [-0.25, -0.2) is 0 Å². The minimum atomic E-state index is 0.0284. The lowest BCUT2D eigenvalue weighted by atomic mass is 9.95. The van der Waals surface area contributed by atoms with Crippen molar-refractivity contribution in [1.82, 2.24) is 14.7 Å². The average Bonchev–Trinajstić information content (AvgIpc) is 2.75. The van der Waals surface area contributed by atoms with Gasteiger partial charge in [-0.05, 0) is 25.0 Å². The van der Waals surface area contributed by atoms with E-state index in [1.54, 1.807) is 0 Å². The molecule has 0 bridgehead atoms. The highest BCUT2D eigenvalue weighted by atomic mass is 16.2. The van der Waals surface area contributed by atoms with Gasteiger partial charge >= 0.3 is 0 Å². The fourth-order valence-electron chi connectivity index (χ4n) is 2.20. The second-order valence-corrected chi connectivity index (χ2v) is 4.24. The lowest BCUT2D eigenvalue weighted by Gasteiger charge is -2.31. The topological polar surface area (TPSA) is 38.1 Å². The third-order valence-electron chi connectivity index (χ3n) is 3.06. The lowest BCUT2D eigenvalue weighted by Crippen LogP contribution is -2.38. The number of hydrogen-bond acceptors (Lipinski definition) is 2. The molecule has 4 heteroatoms. The third-order valence-corrected chi connectivity index (χ3v) is 3.06. The van der Waals surface area contributed by atoms with Gasteiger partial charge in [-0.2, -0.15) is 5.10 Å². The molecule has 1 aliphatic heterocycles. The highest BCUT2D eigenvalue weighted by Crippen LogP contribution is 2.25. The van der Waals surface area contributed by atoms with Crippen LogP contribution in [0.25, 0.3) is 0 Å². The molecule has 0 aliphatic carbocycles. The van der Waals surface area contributed by atoms with Gasteiger partial charge in [-0.1, -0.05) is 6.58 Å². The van der Waals surface area contributed by atoms with Gasteiger partial charge in [0, 0.05) is 32.3 Å². The number of likely N-dealkylation sites (tertiary alicyclic amines) is 1. The first-order valence-corrected chi connectivity index (χ1v) is 5.61. The van der Waals surface area contributed by atoms with E-state index >= 15 is 0 Å². The first-order valence-electron chi connectivity index (χ1n) is 5.61. The summed E-state index contributed by atoms with van der Waals surface area (Å²) < 4.78 is 1.81. The summed E-state index contributed by atoms with van der Waals surface area (Å²) in [6, 6.07) is 2.03. The van der Waals surface area contributed by atoms with Crippen LogP contribution in [0, 0.1) is 0 Å². The molecule has 0 saturated carbocycles. The molecule has 1 amide bonds. The summed E-state index contributed by atoms with van der Waals surface area (Å²) >= 11 is 0. The average molecular weight is 219 g/mol. The monoisotopic (exact) mass is 219 g/mol. The molecule has 1 fully saturated rings. The number of piperidine rings is 1. The van der Waals surface area contributed by atoms with Crippen LogP contribution >= 0.6 is 0 Å². The molecule has 1 aromatic rings. The van der Waals surface area contributed by atoms with Crippen molar-refractivity contribution in [3.05, 3.63) is 30.6 Å². The van der Waals surface area contributed by atoms with Crippen molar-refractivity contribution in [2.24, 2.45) is 7.05 Å². The maximum absolute atomic E-state index is 11.5. The normalized spacial score (nSPS) is 20.8. The Labute approximate surface area is 95.5 Å². The maximum atomic E-state index is 11.5. The number of aryl methyl sites for hydroxylation is 1. The van der Waals surface area contributed by atoms with Crippen LogP contribution in [0.2, 0.25) is 0 Å². The van der Waals surface area contributed by atoms with Gasteiger partial charge in [-0.15, -0.1) is 0 Å². The molecular formula is C12H17N3O. The van der Waals surface area contributed by atoms with Crippen molar-refractivity contribution in [1.29, 1.82) is 0 Å². The van der Waals surface area contributed by atoms with Crippen molar-refractivity contribution in [2.45, 2.75) is 18.8 Å². The highest BCUT2D eigenvalue weighted by Gasteiger charge is 2.24. The largest absolute Gasteiger partial charge is 0.339 e. The van der Waals surface area contributed by atoms with Crippen LogP contribution in [0.1, 0.15) is 24.5 Å². The van der Waals surface area contributed by atoms with Crippen molar-refractivity contribution in [3.63, 3.8) is 0 Å². The van der Waals surface area contributed by atoms with Gasteiger partial charge in [-0.3, -0.25) is 9.48 Å². The van der Waals surface area contributed by atoms with E-state index in [1.165, 1.54) is 6.08 Å². The van der Waals surface area contributed by atoms with E-state index in [2.05, 4.69) is 11.7 Å². The summed E-state index contributed by atoms with van der Waals surface area (Å²) in [6.07, 6.45) is 5.49. The molecule has 1 atom stereocenters. The molecule has 1 saturated heterocycles. The summed E-state index contributed by atoms with van der Waals surface area (Å²) in [5.74, 6) is 0.402. The van der Waals surface area contributed by atoms with Gasteiger partial charge < -0.3 is 4.90 Å². The van der Waals surface area contributed by atoms with Crippen LogP contribution in [0.15, 0.2) is 24.9 Å². The lowest BCUT2D eigenvalue weighted by molar-refractivity contribution is -0.127. The molecule has 1 unspecified atom stereocenters. The molecule has 86 valence electrons. The molecule has 0 aromatic carbocycles. The molecule has 4 nitrogen and oxygen atoms in total. The first-order chi connectivity index (χ1) is 7.70. The van der Waals surface area contributed by atoms with E-state index in [-0.39, 0.29) is 5.91 Å². The summed E-state index contributed by atoms with van der Waals surface area (Å²) in [4.78, 5) is 13.4. The first kappa shape index (κ1) is 10.9. The molecule has 1 aliphatic rings. The third kappa shape index (κ3) is 2.15. The van der Waals surface area contributed by atoms with Crippen LogP contribution < -0.4 is 0 Å². The molecule has 16 heavy (non-hydrogen) atoms. The van der Waals surface area contributed by atoms with E-state index in [1.807, 2.05) is 28.9 Å². The number of amides is 1. The Morgan fingerprint density at radius 2 is 2.50 bits per heavy atom. The number of aromatic nitrogens is 2. The fourth-order valence-corrected chi connectivity index (χ4v) is 2.20. The summed E-state index contributed by atoms with van der Waals surface area (Å²) in [5, 5.41) is 4.41. The Morgan fingerprint density at radius 3 is 3.12 bits per heavy atom. The van der Waals surface area contributed by atoms with E-state index in [9.17, 15) is 4.79 Å². The van der Waals surface area contributed by atoms with Crippen LogP contribution in [-0.4, -0.2) is 33.7 Å². The van der Waals surface area contributed by atoms with Crippen LogP contribution in [0.5, 0.6) is 0 Å². The molecular weight excluding hydrogens is 202 g/mol. The van der Waals surface area contributed by atoms with E-state index < -0.39 is 0 Å². The van der Waals surface area contributed by atoms with Crippen LogP contribution in [-0.2, 0) is 11.8 Å². The Balaban J connectivity index is 2.07.